The van der Waals surface area contributed by atoms with Gasteiger partial charge in [-0.3, -0.25) is 0 Å². The van der Waals surface area contributed by atoms with E-state index >= 15 is 0 Å². The summed E-state index contributed by atoms with van der Waals surface area (Å²) in [5, 5.41) is 6.94. The average molecular weight is 213 g/mol. The van der Waals surface area contributed by atoms with Crippen LogP contribution in [-0.4, -0.2) is 31.2 Å². The summed E-state index contributed by atoms with van der Waals surface area (Å²) in [6.07, 6.45) is 2.26. The van der Waals surface area contributed by atoms with E-state index < -0.39 is 0 Å². The van der Waals surface area contributed by atoms with Gasteiger partial charge in [0.2, 0.25) is 0 Å². The SMILES string of the molecule is CNC1CNC(C(C)(C)CC(C)(C)N)C1. The van der Waals surface area contributed by atoms with Crippen LogP contribution in [0.1, 0.15) is 40.5 Å². The van der Waals surface area contributed by atoms with Crippen LogP contribution in [0.4, 0.5) is 0 Å². The van der Waals surface area contributed by atoms with Crippen molar-refractivity contribution in [2.24, 2.45) is 11.1 Å². The van der Waals surface area contributed by atoms with Gasteiger partial charge in [0.25, 0.3) is 0 Å². The molecule has 0 bridgehead atoms. The molecule has 2 unspecified atom stereocenters. The van der Waals surface area contributed by atoms with E-state index in [1.807, 2.05) is 7.05 Å². The summed E-state index contributed by atoms with van der Waals surface area (Å²) < 4.78 is 0. The highest BCUT2D eigenvalue weighted by Gasteiger charge is 2.37. The summed E-state index contributed by atoms with van der Waals surface area (Å²) in [5.41, 5.74) is 6.30. The molecule has 0 saturated carbocycles. The second kappa shape index (κ2) is 4.40. The van der Waals surface area contributed by atoms with E-state index in [2.05, 4.69) is 38.3 Å². The third-order valence-corrected chi connectivity index (χ3v) is 3.39. The molecule has 1 rings (SSSR count). The van der Waals surface area contributed by atoms with E-state index in [1.54, 1.807) is 0 Å². The smallest absolute Gasteiger partial charge is 0.0204 e. The predicted molar refractivity (Wildman–Crippen MR) is 65.9 cm³/mol. The Morgan fingerprint density at radius 1 is 1.33 bits per heavy atom. The van der Waals surface area contributed by atoms with E-state index in [0.717, 1.165) is 13.0 Å². The van der Waals surface area contributed by atoms with Crippen molar-refractivity contribution in [2.75, 3.05) is 13.6 Å². The molecule has 3 nitrogen and oxygen atoms in total. The molecule has 0 aliphatic carbocycles. The van der Waals surface area contributed by atoms with Gasteiger partial charge in [-0.15, -0.1) is 0 Å². The lowest BCUT2D eigenvalue weighted by Crippen LogP contribution is -2.45. The lowest BCUT2D eigenvalue weighted by atomic mass is 9.74. The first-order valence-corrected chi connectivity index (χ1v) is 5.94. The molecule has 3 heteroatoms. The topological polar surface area (TPSA) is 50.1 Å². The molecule has 1 aliphatic heterocycles. The van der Waals surface area contributed by atoms with Crippen LogP contribution in [0.2, 0.25) is 0 Å². The van der Waals surface area contributed by atoms with Crippen molar-refractivity contribution in [3.63, 3.8) is 0 Å². The summed E-state index contributed by atoms with van der Waals surface area (Å²) >= 11 is 0. The van der Waals surface area contributed by atoms with Gasteiger partial charge in [0.05, 0.1) is 0 Å². The van der Waals surface area contributed by atoms with Crippen molar-refractivity contribution in [1.82, 2.24) is 10.6 Å². The van der Waals surface area contributed by atoms with E-state index in [9.17, 15) is 0 Å². The third-order valence-electron chi connectivity index (χ3n) is 3.39. The largest absolute Gasteiger partial charge is 0.326 e. The number of nitrogens with two attached hydrogens (primary N) is 1. The molecule has 1 heterocycles. The minimum absolute atomic E-state index is 0.0804. The maximum absolute atomic E-state index is 6.11. The average Bonchev–Trinajstić information content (AvgIpc) is 2.47. The fourth-order valence-electron chi connectivity index (χ4n) is 2.85. The van der Waals surface area contributed by atoms with Crippen molar-refractivity contribution >= 4 is 0 Å². The van der Waals surface area contributed by atoms with Crippen LogP contribution in [0.15, 0.2) is 0 Å². The molecule has 4 N–H and O–H groups in total. The number of nitrogens with one attached hydrogen (secondary N) is 2. The Balaban J connectivity index is 2.55. The Labute approximate surface area is 94.2 Å². The van der Waals surface area contributed by atoms with Crippen LogP contribution in [0, 0.1) is 5.41 Å². The molecule has 1 aliphatic rings. The first kappa shape index (κ1) is 12.9. The lowest BCUT2D eigenvalue weighted by molar-refractivity contribution is 0.194. The molecule has 2 atom stereocenters. The Morgan fingerprint density at radius 2 is 1.93 bits per heavy atom. The summed E-state index contributed by atoms with van der Waals surface area (Å²) in [5.74, 6) is 0. The van der Waals surface area contributed by atoms with Crippen molar-refractivity contribution < 1.29 is 0 Å². The Morgan fingerprint density at radius 3 is 2.33 bits per heavy atom. The highest BCUT2D eigenvalue weighted by Crippen LogP contribution is 2.34. The zero-order valence-electron chi connectivity index (χ0n) is 10.9. The third kappa shape index (κ3) is 3.74. The van der Waals surface area contributed by atoms with E-state index in [1.165, 1.54) is 6.42 Å². The van der Waals surface area contributed by atoms with Gasteiger partial charge in [-0.1, -0.05) is 13.8 Å². The van der Waals surface area contributed by atoms with Gasteiger partial charge >= 0.3 is 0 Å². The van der Waals surface area contributed by atoms with Gasteiger partial charge < -0.3 is 16.4 Å². The minimum atomic E-state index is -0.0804. The van der Waals surface area contributed by atoms with Crippen molar-refractivity contribution in [3.05, 3.63) is 0 Å². The standard InChI is InChI=1S/C12H27N3/c1-11(2,8-12(3,4)13)10-6-9(14-5)7-15-10/h9-10,14-15H,6-8,13H2,1-5H3. The van der Waals surface area contributed by atoms with Gasteiger partial charge in [0.15, 0.2) is 0 Å². The highest BCUT2D eigenvalue weighted by molar-refractivity contribution is 4.97. The van der Waals surface area contributed by atoms with E-state index in [4.69, 9.17) is 5.73 Å². The number of rotatable bonds is 4. The van der Waals surface area contributed by atoms with Crippen LogP contribution in [0.5, 0.6) is 0 Å². The van der Waals surface area contributed by atoms with Crippen LogP contribution >= 0.6 is 0 Å². The molecular formula is C12H27N3. The van der Waals surface area contributed by atoms with Crippen LogP contribution < -0.4 is 16.4 Å². The quantitative estimate of drug-likeness (QED) is 0.655. The van der Waals surface area contributed by atoms with Gasteiger partial charge in [-0.05, 0) is 39.2 Å². The first-order chi connectivity index (χ1) is 6.74. The number of likely N-dealkylation sites (N-methyl/N-ethyl adjacent to an activating group) is 1. The first-order valence-electron chi connectivity index (χ1n) is 5.94. The molecule has 15 heavy (non-hydrogen) atoms. The van der Waals surface area contributed by atoms with Crippen LogP contribution in [0.3, 0.4) is 0 Å². The molecule has 0 aromatic rings. The number of hydrogen-bond donors (Lipinski definition) is 3. The molecule has 1 fully saturated rings. The molecular weight excluding hydrogens is 186 g/mol. The van der Waals surface area contributed by atoms with Gasteiger partial charge in [-0.25, -0.2) is 0 Å². The van der Waals surface area contributed by atoms with Gasteiger partial charge in [0, 0.05) is 24.2 Å². The van der Waals surface area contributed by atoms with Gasteiger partial charge in [0.1, 0.15) is 0 Å². The van der Waals surface area contributed by atoms with Crippen molar-refractivity contribution in [3.8, 4) is 0 Å². The fraction of sp³-hybridized carbons (Fsp3) is 1.00. The second-order valence-electron chi connectivity index (χ2n) is 6.34. The summed E-state index contributed by atoms with van der Waals surface area (Å²) in [6.45, 7) is 9.93. The Hall–Kier alpha value is -0.120. The maximum Gasteiger partial charge on any atom is 0.0204 e. The molecule has 1 saturated heterocycles. The van der Waals surface area contributed by atoms with Crippen molar-refractivity contribution in [1.29, 1.82) is 0 Å². The van der Waals surface area contributed by atoms with Crippen LogP contribution in [-0.2, 0) is 0 Å². The second-order valence-corrected chi connectivity index (χ2v) is 6.34. The molecule has 0 aromatic heterocycles. The van der Waals surface area contributed by atoms with Crippen molar-refractivity contribution in [2.45, 2.75) is 58.2 Å². The monoisotopic (exact) mass is 213 g/mol. The normalized spacial score (nSPS) is 28.4. The minimum Gasteiger partial charge on any atom is -0.326 e. The summed E-state index contributed by atoms with van der Waals surface area (Å²) in [7, 11) is 2.04. The molecule has 0 radical (unpaired) electrons. The van der Waals surface area contributed by atoms with E-state index in [0.29, 0.717) is 12.1 Å². The van der Waals surface area contributed by atoms with E-state index in [-0.39, 0.29) is 11.0 Å². The fourth-order valence-corrected chi connectivity index (χ4v) is 2.85. The zero-order valence-corrected chi connectivity index (χ0v) is 10.9. The maximum atomic E-state index is 6.11. The molecule has 0 spiro atoms. The highest BCUT2D eigenvalue weighted by atomic mass is 15.1. The predicted octanol–water partition coefficient (Wildman–Crippen LogP) is 1.09. The molecule has 0 aromatic carbocycles. The Kier molecular flexibility index (Phi) is 3.80. The summed E-state index contributed by atoms with van der Waals surface area (Å²) in [6, 6.07) is 1.20. The number of hydrogen-bond acceptors (Lipinski definition) is 3. The summed E-state index contributed by atoms with van der Waals surface area (Å²) in [4.78, 5) is 0. The van der Waals surface area contributed by atoms with Gasteiger partial charge in [-0.2, -0.15) is 0 Å². The van der Waals surface area contributed by atoms with Crippen LogP contribution in [0.25, 0.3) is 0 Å². The lowest BCUT2D eigenvalue weighted by Gasteiger charge is -2.37. The molecule has 0 amide bonds. The molecule has 90 valence electrons. The zero-order chi connectivity index (χ0) is 11.7. The Bertz CT molecular complexity index is 205.